The molecule has 5 heteroatoms. The molecule has 0 saturated heterocycles. The van der Waals surface area contributed by atoms with Crippen LogP contribution in [0, 0.1) is 11.7 Å². The van der Waals surface area contributed by atoms with Gasteiger partial charge < -0.3 is 9.47 Å². The average Bonchev–Trinajstić information content (AvgIpc) is 3.41. The van der Waals surface area contributed by atoms with Crippen molar-refractivity contribution in [3.63, 3.8) is 0 Å². The molecule has 0 N–H and O–H groups in total. The van der Waals surface area contributed by atoms with E-state index >= 15 is 0 Å². The monoisotopic (exact) mass is 363 g/mol. The van der Waals surface area contributed by atoms with Crippen LogP contribution in [0.1, 0.15) is 34.6 Å². The molecule has 1 saturated carbocycles. The molecule has 1 fully saturated rings. The Hall–Kier alpha value is -2.95. The zero-order chi connectivity index (χ0) is 18.6. The zero-order valence-electron chi connectivity index (χ0n) is 15.1. The van der Waals surface area contributed by atoms with Crippen LogP contribution < -0.4 is 0 Å². The molecule has 27 heavy (non-hydrogen) atoms. The van der Waals surface area contributed by atoms with E-state index in [0.29, 0.717) is 25.6 Å². The second-order valence-corrected chi connectivity index (χ2v) is 7.07. The number of halogens is 1. The van der Waals surface area contributed by atoms with Gasteiger partial charge in [-0.2, -0.15) is 0 Å². The standard InChI is InChI=1S/C22H22FN3O/c23-20-9-5-4-8-19(20)22(27)26(15-18-10-11-18)16-21-24-12-13-25(21)14-17-6-2-1-3-7-17/h1-9,12-13,18H,10-11,14-16H2. The molecule has 138 valence electrons. The zero-order valence-corrected chi connectivity index (χ0v) is 15.1. The Morgan fingerprint density at radius 2 is 1.85 bits per heavy atom. The number of nitrogens with zero attached hydrogens (tertiary/aromatic N) is 3. The number of benzene rings is 2. The van der Waals surface area contributed by atoms with Gasteiger partial charge in [0.25, 0.3) is 5.91 Å². The highest BCUT2D eigenvalue weighted by Crippen LogP contribution is 2.31. The highest BCUT2D eigenvalue weighted by molar-refractivity contribution is 5.94. The predicted molar refractivity (Wildman–Crippen MR) is 102 cm³/mol. The van der Waals surface area contributed by atoms with E-state index in [1.54, 1.807) is 29.3 Å². The first-order valence-corrected chi connectivity index (χ1v) is 9.28. The van der Waals surface area contributed by atoms with Crippen molar-refractivity contribution in [1.29, 1.82) is 0 Å². The summed E-state index contributed by atoms with van der Waals surface area (Å²) in [5, 5.41) is 0. The average molecular weight is 363 g/mol. The molecule has 0 radical (unpaired) electrons. The van der Waals surface area contributed by atoms with Crippen LogP contribution >= 0.6 is 0 Å². The van der Waals surface area contributed by atoms with Crippen LogP contribution in [0.3, 0.4) is 0 Å². The van der Waals surface area contributed by atoms with Crippen molar-refractivity contribution in [3.8, 4) is 0 Å². The minimum absolute atomic E-state index is 0.124. The molecule has 1 aromatic heterocycles. The van der Waals surface area contributed by atoms with Gasteiger partial charge in [0.2, 0.25) is 0 Å². The van der Waals surface area contributed by atoms with Crippen molar-refractivity contribution in [1.82, 2.24) is 14.5 Å². The molecular weight excluding hydrogens is 341 g/mol. The van der Waals surface area contributed by atoms with E-state index in [0.717, 1.165) is 18.7 Å². The molecule has 4 rings (SSSR count). The number of rotatable bonds is 7. The number of hydrogen-bond donors (Lipinski definition) is 0. The summed E-state index contributed by atoms with van der Waals surface area (Å²) in [4.78, 5) is 19.2. The molecule has 1 aliphatic carbocycles. The van der Waals surface area contributed by atoms with E-state index in [1.165, 1.54) is 11.6 Å². The summed E-state index contributed by atoms with van der Waals surface area (Å²) in [6, 6.07) is 16.3. The Morgan fingerprint density at radius 1 is 1.11 bits per heavy atom. The van der Waals surface area contributed by atoms with Gasteiger partial charge in [-0.25, -0.2) is 9.37 Å². The molecule has 1 aliphatic rings. The van der Waals surface area contributed by atoms with Gasteiger partial charge in [0.15, 0.2) is 0 Å². The van der Waals surface area contributed by atoms with E-state index in [9.17, 15) is 9.18 Å². The number of amides is 1. The molecule has 0 aliphatic heterocycles. The second kappa shape index (κ2) is 7.74. The van der Waals surface area contributed by atoms with Gasteiger partial charge in [0.1, 0.15) is 11.6 Å². The van der Waals surface area contributed by atoms with E-state index in [-0.39, 0.29) is 11.5 Å². The first kappa shape index (κ1) is 17.5. The normalized spacial score (nSPS) is 13.5. The highest BCUT2D eigenvalue weighted by Gasteiger charge is 2.29. The maximum atomic E-state index is 14.1. The van der Waals surface area contributed by atoms with Crippen molar-refractivity contribution in [3.05, 3.63) is 89.8 Å². The van der Waals surface area contributed by atoms with Gasteiger partial charge in [-0.1, -0.05) is 42.5 Å². The third kappa shape index (κ3) is 4.25. The summed E-state index contributed by atoms with van der Waals surface area (Å²) in [6.45, 7) is 1.72. The number of hydrogen-bond acceptors (Lipinski definition) is 2. The van der Waals surface area contributed by atoms with E-state index in [4.69, 9.17) is 0 Å². The Kier molecular flexibility index (Phi) is 5.01. The molecule has 4 nitrogen and oxygen atoms in total. The summed E-state index contributed by atoms with van der Waals surface area (Å²) >= 11 is 0. The maximum Gasteiger partial charge on any atom is 0.257 e. The van der Waals surface area contributed by atoms with E-state index in [1.807, 2.05) is 29.0 Å². The van der Waals surface area contributed by atoms with Crippen molar-refractivity contribution in [2.75, 3.05) is 6.54 Å². The molecule has 1 heterocycles. The highest BCUT2D eigenvalue weighted by atomic mass is 19.1. The van der Waals surface area contributed by atoms with Gasteiger partial charge in [-0.3, -0.25) is 4.79 Å². The van der Waals surface area contributed by atoms with E-state index < -0.39 is 5.82 Å². The fourth-order valence-electron chi connectivity index (χ4n) is 3.22. The van der Waals surface area contributed by atoms with Crippen LogP contribution in [-0.4, -0.2) is 26.9 Å². The fourth-order valence-corrected chi connectivity index (χ4v) is 3.22. The largest absolute Gasteiger partial charge is 0.331 e. The third-order valence-electron chi connectivity index (χ3n) is 4.90. The van der Waals surface area contributed by atoms with Crippen molar-refractivity contribution in [2.45, 2.75) is 25.9 Å². The van der Waals surface area contributed by atoms with Crippen molar-refractivity contribution >= 4 is 5.91 Å². The lowest BCUT2D eigenvalue weighted by atomic mass is 10.1. The van der Waals surface area contributed by atoms with Crippen LogP contribution in [0.15, 0.2) is 67.0 Å². The fraction of sp³-hybridized carbons (Fsp3) is 0.273. The number of carbonyl (C=O) groups is 1. The molecular formula is C22H22FN3O. The minimum Gasteiger partial charge on any atom is -0.331 e. The first-order chi connectivity index (χ1) is 13.2. The van der Waals surface area contributed by atoms with Crippen LogP contribution in [0.4, 0.5) is 4.39 Å². The van der Waals surface area contributed by atoms with Gasteiger partial charge >= 0.3 is 0 Å². The molecule has 2 aromatic carbocycles. The number of aromatic nitrogens is 2. The summed E-state index contributed by atoms with van der Waals surface area (Å²) in [5.74, 6) is 0.577. The van der Waals surface area contributed by atoms with Gasteiger partial charge in [-0.05, 0) is 36.5 Å². The summed E-state index contributed by atoms with van der Waals surface area (Å²) < 4.78 is 16.2. The Bertz CT molecular complexity index is 918. The van der Waals surface area contributed by atoms with Crippen LogP contribution in [0.2, 0.25) is 0 Å². The lowest BCUT2D eigenvalue weighted by molar-refractivity contribution is 0.0724. The van der Waals surface area contributed by atoms with Crippen molar-refractivity contribution in [2.24, 2.45) is 5.92 Å². The molecule has 0 unspecified atom stereocenters. The van der Waals surface area contributed by atoms with E-state index in [2.05, 4.69) is 17.1 Å². The number of carbonyl (C=O) groups excluding carboxylic acids is 1. The lowest BCUT2D eigenvalue weighted by Gasteiger charge is -2.23. The van der Waals surface area contributed by atoms with Crippen molar-refractivity contribution < 1.29 is 9.18 Å². The first-order valence-electron chi connectivity index (χ1n) is 9.28. The van der Waals surface area contributed by atoms with Crippen LogP contribution in [0.25, 0.3) is 0 Å². The molecule has 0 atom stereocenters. The lowest BCUT2D eigenvalue weighted by Crippen LogP contribution is -2.34. The Morgan fingerprint density at radius 3 is 2.59 bits per heavy atom. The van der Waals surface area contributed by atoms with Gasteiger partial charge in [0.05, 0.1) is 12.1 Å². The van der Waals surface area contributed by atoms with Gasteiger partial charge in [0, 0.05) is 25.5 Å². The summed E-state index contributed by atoms with van der Waals surface area (Å²) in [6.07, 6.45) is 5.92. The summed E-state index contributed by atoms with van der Waals surface area (Å²) in [5.41, 5.74) is 1.30. The maximum absolute atomic E-state index is 14.1. The summed E-state index contributed by atoms with van der Waals surface area (Å²) in [7, 11) is 0. The predicted octanol–water partition coefficient (Wildman–Crippen LogP) is 4.12. The van der Waals surface area contributed by atoms with Gasteiger partial charge in [-0.15, -0.1) is 0 Å². The Labute approximate surface area is 158 Å². The molecule has 0 bridgehead atoms. The topological polar surface area (TPSA) is 38.1 Å². The molecule has 3 aromatic rings. The quantitative estimate of drug-likeness (QED) is 0.633. The Balaban J connectivity index is 1.55. The second-order valence-electron chi connectivity index (χ2n) is 7.07. The number of imidazole rings is 1. The van der Waals surface area contributed by atoms with Crippen LogP contribution in [0.5, 0.6) is 0 Å². The third-order valence-corrected chi connectivity index (χ3v) is 4.90. The minimum atomic E-state index is -0.476. The smallest absolute Gasteiger partial charge is 0.257 e. The SMILES string of the molecule is O=C(c1ccccc1F)N(Cc1nccn1Cc1ccccc1)CC1CC1. The molecule has 1 amide bonds. The van der Waals surface area contributed by atoms with Crippen LogP contribution in [-0.2, 0) is 13.1 Å². The molecule has 0 spiro atoms.